The number of aliphatic hydroxyl groups excluding tert-OH is 5. The van der Waals surface area contributed by atoms with Crippen LogP contribution in [-0.4, -0.2) is 99.5 Å². The molecule has 0 bridgehead atoms. The molecule has 5 N–H and O–H groups in total. The van der Waals surface area contributed by atoms with Crippen LogP contribution >= 0.6 is 0 Å². The van der Waals surface area contributed by atoms with Gasteiger partial charge in [-0.25, -0.2) is 4.79 Å². The zero-order chi connectivity index (χ0) is 24.7. The van der Waals surface area contributed by atoms with Crippen LogP contribution in [0.15, 0.2) is 48.7 Å². The van der Waals surface area contributed by atoms with E-state index in [2.05, 4.69) is 0 Å². The van der Waals surface area contributed by atoms with E-state index in [1.54, 1.807) is 12.2 Å². The number of hydrogen-bond acceptors (Lipinski definition) is 11. The number of hydrogen-bond donors (Lipinski definition) is 5. The second-order valence-corrected chi connectivity index (χ2v) is 9.11. The molecule has 35 heavy (non-hydrogen) atoms. The van der Waals surface area contributed by atoms with E-state index in [1.807, 2.05) is 30.3 Å². The van der Waals surface area contributed by atoms with E-state index in [9.17, 15) is 30.3 Å². The van der Waals surface area contributed by atoms with Crippen LogP contribution in [0.25, 0.3) is 6.08 Å². The van der Waals surface area contributed by atoms with Gasteiger partial charge in [0.2, 0.25) is 6.29 Å². The highest BCUT2D eigenvalue weighted by molar-refractivity contribution is 5.87. The molecule has 1 aromatic carbocycles. The average molecular weight is 492 g/mol. The molecule has 11 atom stereocenters. The molecule has 0 unspecified atom stereocenters. The molecule has 0 aromatic heterocycles. The third-order valence-corrected chi connectivity index (χ3v) is 7.03. The lowest BCUT2D eigenvalue weighted by molar-refractivity contribution is -0.344. The Balaban J connectivity index is 1.28. The number of aliphatic hydroxyl groups is 5. The van der Waals surface area contributed by atoms with E-state index >= 15 is 0 Å². The molecule has 11 heteroatoms. The van der Waals surface area contributed by atoms with Crippen molar-refractivity contribution in [3.05, 3.63) is 54.3 Å². The van der Waals surface area contributed by atoms with Crippen molar-refractivity contribution in [2.45, 2.75) is 54.8 Å². The Bertz CT molecular complexity index is 965. The Morgan fingerprint density at radius 3 is 2.54 bits per heavy atom. The molecule has 190 valence electrons. The number of rotatable bonds is 7. The first kappa shape index (κ1) is 24.3. The second kappa shape index (κ2) is 9.60. The summed E-state index contributed by atoms with van der Waals surface area (Å²) in [6, 6.07) is 9.24. The number of epoxide rings is 1. The van der Waals surface area contributed by atoms with Gasteiger partial charge in [0.1, 0.15) is 42.7 Å². The lowest BCUT2D eigenvalue weighted by Crippen LogP contribution is -2.60. The molecular weight excluding hydrogens is 464 g/mol. The lowest BCUT2D eigenvalue weighted by atomic mass is 9.85. The Morgan fingerprint density at radius 2 is 1.80 bits per heavy atom. The van der Waals surface area contributed by atoms with E-state index < -0.39 is 79.2 Å². The Kier molecular flexibility index (Phi) is 6.68. The highest BCUT2D eigenvalue weighted by Crippen LogP contribution is 2.60. The largest absolute Gasteiger partial charge is 0.472 e. The molecule has 2 saturated heterocycles. The van der Waals surface area contributed by atoms with Crippen molar-refractivity contribution in [2.24, 2.45) is 11.8 Å². The molecule has 0 spiro atoms. The van der Waals surface area contributed by atoms with Crippen molar-refractivity contribution in [3.63, 3.8) is 0 Å². The molecule has 1 saturated carbocycles. The van der Waals surface area contributed by atoms with Crippen LogP contribution in [0.2, 0.25) is 0 Å². The Hall–Kier alpha value is -2.35. The number of carbonyl (C=O) groups excluding carboxylic acids is 1. The van der Waals surface area contributed by atoms with Crippen LogP contribution in [0.3, 0.4) is 0 Å². The van der Waals surface area contributed by atoms with Crippen LogP contribution < -0.4 is 0 Å². The molecule has 4 aliphatic rings. The van der Waals surface area contributed by atoms with Gasteiger partial charge in [-0.3, -0.25) is 0 Å². The summed E-state index contributed by atoms with van der Waals surface area (Å²) in [5.74, 6) is -1.67. The number of fused-ring (bicyclic) bond motifs is 3. The second-order valence-electron chi connectivity index (χ2n) is 9.11. The Labute approximate surface area is 200 Å². The zero-order valence-corrected chi connectivity index (χ0v) is 18.6. The maximum atomic E-state index is 12.3. The van der Waals surface area contributed by atoms with Crippen molar-refractivity contribution < 1.29 is 54.0 Å². The lowest BCUT2D eigenvalue weighted by Gasteiger charge is -2.43. The van der Waals surface area contributed by atoms with E-state index in [1.165, 1.54) is 12.3 Å². The zero-order valence-electron chi connectivity index (χ0n) is 18.6. The molecule has 3 aliphatic heterocycles. The minimum Gasteiger partial charge on any atom is -0.472 e. The van der Waals surface area contributed by atoms with Gasteiger partial charge in [0.15, 0.2) is 6.29 Å². The van der Waals surface area contributed by atoms with Crippen molar-refractivity contribution >= 4 is 12.0 Å². The van der Waals surface area contributed by atoms with Gasteiger partial charge in [0.25, 0.3) is 0 Å². The van der Waals surface area contributed by atoms with Crippen molar-refractivity contribution in [1.82, 2.24) is 0 Å². The quantitative estimate of drug-likeness (QED) is 0.174. The summed E-state index contributed by atoms with van der Waals surface area (Å²) in [5, 5.41) is 50.5. The van der Waals surface area contributed by atoms with Gasteiger partial charge in [0.05, 0.1) is 24.9 Å². The van der Waals surface area contributed by atoms with Gasteiger partial charge in [-0.2, -0.15) is 0 Å². The number of ether oxygens (including phenoxy) is 5. The fourth-order valence-electron chi connectivity index (χ4n) is 5.11. The van der Waals surface area contributed by atoms with Gasteiger partial charge in [-0.15, -0.1) is 0 Å². The molecule has 1 aliphatic carbocycles. The fourth-order valence-corrected chi connectivity index (χ4v) is 5.11. The maximum absolute atomic E-state index is 12.3. The molecule has 5 rings (SSSR count). The number of benzene rings is 1. The predicted molar refractivity (Wildman–Crippen MR) is 116 cm³/mol. The maximum Gasteiger partial charge on any atom is 0.330 e. The van der Waals surface area contributed by atoms with Gasteiger partial charge in [0, 0.05) is 12.0 Å². The minimum atomic E-state index is -1.63. The van der Waals surface area contributed by atoms with E-state index in [0.717, 1.165) is 5.56 Å². The van der Waals surface area contributed by atoms with Gasteiger partial charge >= 0.3 is 5.97 Å². The summed E-state index contributed by atoms with van der Waals surface area (Å²) < 4.78 is 28.1. The molecule has 0 radical (unpaired) electrons. The van der Waals surface area contributed by atoms with Crippen LogP contribution in [0.4, 0.5) is 0 Å². The van der Waals surface area contributed by atoms with Crippen LogP contribution in [0.1, 0.15) is 5.56 Å². The standard InChI is InChI=1S/C24H28O11/c25-10-14-18(28)19(29)20(30)23(33-14)34-22-16-13(8-9-31-22)17(27)21-24(16,35-21)11-32-15(26)7-6-12-4-2-1-3-5-12/h1-9,13-14,16-23,25,27-30H,10-11H2/t13-,14-,16-,17+,18-,19+,20-,21+,22+,23+,24-/m1/s1. The van der Waals surface area contributed by atoms with Crippen LogP contribution in [0, 0.1) is 11.8 Å². The third kappa shape index (κ3) is 4.39. The summed E-state index contributed by atoms with van der Waals surface area (Å²) in [6.07, 6.45) is -4.06. The number of esters is 1. The van der Waals surface area contributed by atoms with Gasteiger partial charge in [-0.05, 0) is 17.7 Å². The van der Waals surface area contributed by atoms with Gasteiger partial charge in [-0.1, -0.05) is 30.3 Å². The van der Waals surface area contributed by atoms with E-state index in [-0.39, 0.29) is 6.61 Å². The average Bonchev–Trinajstić information content (AvgIpc) is 3.56. The van der Waals surface area contributed by atoms with E-state index in [4.69, 9.17) is 23.7 Å². The first-order valence-electron chi connectivity index (χ1n) is 11.4. The van der Waals surface area contributed by atoms with Crippen LogP contribution in [0.5, 0.6) is 0 Å². The minimum absolute atomic E-state index is 0.167. The van der Waals surface area contributed by atoms with E-state index in [0.29, 0.717) is 0 Å². The molecule has 3 heterocycles. The van der Waals surface area contributed by atoms with Crippen molar-refractivity contribution in [2.75, 3.05) is 13.2 Å². The highest BCUT2D eigenvalue weighted by atomic mass is 16.8. The molecule has 3 fully saturated rings. The highest BCUT2D eigenvalue weighted by Gasteiger charge is 2.76. The first-order chi connectivity index (χ1) is 16.9. The topological polar surface area (TPSA) is 168 Å². The van der Waals surface area contributed by atoms with Crippen molar-refractivity contribution in [3.8, 4) is 0 Å². The molecule has 1 aromatic rings. The molecule has 0 amide bonds. The third-order valence-electron chi connectivity index (χ3n) is 7.03. The monoisotopic (exact) mass is 492 g/mol. The van der Waals surface area contributed by atoms with Crippen molar-refractivity contribution in [1.29, 1.82) is 0 Å². The summed E-state index contributed by atoms with van der Waals surface area (Å²) >= 11 is 0. The number of carbonyl (C=O) groups is 1. The van der Waals surface area contributed by atoms with Gasteiger partial charge < -0.3 is 49.2 Å². The fraction of sp³-hybridized carbons (Fsp3) is 0.542. The Morgan fingerprint density at radius 1 is 1.03 bits per heavy atom. The molecule has 11 nitrogen and oxygen atoms in total. The normalized spacial score (nSPS) is 43.9. The smallest absolute Gasteiger partial charge is 0.330 e. The predicted octanol–water partition coefficient (Wildman–Crippen LogP) is -1.33. The summed E-state index contributed by atoms with van der Waals surface area (Å²) in [6.45, 7) is -0.776. The first-order valence-corrected chi connectivity index (χ1v) is 11.4. The van der Waals surface area contributed by atoms with Crippen LogP contribution in [-0.2, 0) is 28.5 Å². The SMILES string of the molecule is O=C(C=Cc1ccccc1)OC[C@]12O[C@H]1[C@@H](O)[C@@H]1C=CO[C@@H](O[C@@H]3O[C@H](CO)[C@@H](O)[C@H](O)[C@H]3O)[C@@H]12. The molecular formula is C24H28O11. The summed E-state index contributed by atoms with van der Waals surface area (Å²) in [7, 11) is 0. The summed E-state index contributed by atoms with van der Waals surface area (Å²) in [5.41, 5.74) is -0.248. The summed E-state index contributed by atoms with van der Waals surface area (Å²) in [4.78, 5) is 12.3.